The monoisotopic (exact) mass is 290 g/mol. The molecule has 0 aromatic carbocycles. The average Bonchev–Trinajstić information content (AvgIpc) is 2.39. The van der Waals surface area contributed by atoms with E-state index in [0.717, 1.165) is 19.3 Å². The number of aliphatic hydroxyl groups is 1. The lowest BCUT2D eigenvalue weighted by molar-refractivity contribution is -0.146. The summed E-state index contributed by atoms with van der Waals surface area (Å²) in [5.41, 5.74) is 0. The summed E-state index contributed by atoms with van der Waals surface area (Å²) in [6.45, 7) is 2.24. The molecule has 0 aromatic heterocycles. The van der Waals surface area contributed by atoms with Gasteiger partial charge in [0.1, 0.15) is 0 Å². The summed E-state index contributed by atoms with van der Waals surface area (Å²) in [5.74, 6) is 1.40. The highest BCUT2D eigenvalue weighted by Gasteiger charge is 2.11. The Balaban J connectivity index is 3.05. The Morgan fingerprint density at radius 1 is 0.947 bits per heavy atom. The molecule has 0 aliphatic rings. The second-order valence-corrected chi connectivity index (χ2v) is 6.31. The van der Waals surface area contributed by atoms with Gasteiger partial charge in [0.05, 0.1) is 0 Å². The molecule has 0 amide bonds. The second-order valence-electron chi connectivity index (χ2n) is 5.08. The van der Waals surface area contributed by atoms with Gasteiger partial charge in [-0.05, 0) is 30.8 Å². The zero-order chi connectivity index (χ0) is 14.3. The number of hydrogen-bond acceptors (Lipinski definition) is 3. The maximum Gasteiger partial charge on any atom is 0.332 e. The van der Waals surface area contributed by atoms with Crippen molar-refractivity contribution in [3.05, 3.63) is 0 Å². The summed E-state index contributed by atoms with van der Waals surface area (Å²) in [7, 11) is 0. The summed E-state index contributed by atoms with van der Waals surface area (Å²) in [4.78, 5) is 10.4. The summed E-state index contributed by atoms with van der Waals surface area (Å²) >= 11 is 2.04. The van der Waals surface area contributed by atoms with Gasteiger partial charge in [0.25, 0.3) is 0 Å². The van der Waals surface area contributed by atoms with Crippen LogP contribution in [0, 0.1) is 0 Å². The van der Waals surface area contributed by atoms with E-state index in [1.165, 1.54) is 50.0 Å². The molecule has 0 heterocycles. The Labute approximate surface area is 122 Å². The smallest absolute Gasteiger partial charge is 0.332 e. The number of thioether (sulfide) groups is 1. The largest absolute Gasteiger partial charge is 0.479 e. The van der Waals surface area contributed by atoms with E-state index < -0.39 is 12.1 Å². The van der Waals surface area contributed by atoms with Crippen LogP contribution in [0.3, 0.4) is 0 Å². The van der Waals surface area contributed by atoms with Gasteiger partial charge in [0.2, 0.25) is 0 Å². The van der Waals surface area contributed by atoms with Gasteiger partial charge in [-0.15, -0.1) is 0 Å². The minimum absolute atomic E-state index is 0.389. The molecule has 0 aliphatic heterocycles. The number of aliphatic carboxylic acids is 1. The molecule has 0 radical (unpaired) electrons. The van der Waals surface area contributed by atoms with Crippen LogP contribution in [0.1, 0.15) is 71.1 Å². The first-order valence-corrected chi connectivity index (χ1v) is 8.82. The van der Waals surface area contributed by atoms with Crippen molar-refractivity contribution in [1.29, 1.82) is 0 Å². The molecule has 0 fully saturated rings. The van der Waals surface area contributed by atoms with E-state index in [9.17, 15) is 4.79 Å². The molecular formula is C15H30O3S. The van der Waals surface area contributed by atoms with Crippen molar-refractivity contribution >= 4 is 17.7 Å². The quantitative estimate of drug-likeness (QED) is 0.473. The average molecular weight is 290 g/mol. The summed E-state index contributed by atoms with van der Waals surface area (Å²) in [5, 5.41) is 17.6. The Morgan fingerprint density at radius 3 is 2.00 bits per heavy atom. The Hall–Kier alpha value is -0.220. The van der Waals surface area contributed by atoms with Crippen LogP contribution in [-0.2, 0) is 4.79 Å². The summed E-state index contributed by atoms with van der Waals surface area (Å²) < 4.78 is 0. The number of rotatable bonds is 14. The molecular weight excluding hydrogens is 260 g/mol. The zero-order valence-electron chi connectivity index (χ0n) is 12.3. The van der Waals surface area contributed by atoms with Gasteiger partial charge in [0, 0.05) is 0 Å². The van der Waals surface area contributed by atoms with Crippen LogP contribution in [0.2, 0.25) is 0 Å². The van der Waals surface area contributed by atoms with E-state index >= 15 is 0 Å². The van der Waals surface area contributed by atoms with Crippen molar-refractivity contribution in [2.45, 2.75) is 77.2 Å². The molecule has 19 heavy (non-hydrogen) atoms. The van der Waals surface area contributed by atoms with Gasteiger partial charge < -0.3 is 10.2 Å². The van der Waals surface area contributed by atoms with E-state index in [0.29, 0.717) is 6.42 Å². The minimum Gasteiger partial charge on any atom is -0.479 e. The molecule has 3 nitrogen and oxygen atoms in total. The zero-order valence-corrected chi connectivity index (χ0v) is 13.1. The molecule has 0 spiro atoms. The normalized spacial score (nSPS) is 12.5. The maximum atomic E-state index is 10.4. The first-order chi connectivity index (χ1) is 9.18. The predicted octanol–water partition coefficient (Wildman–Crippen LogP) is 4.09. The lowest BCUT2D eigenvalue weighted by Crippen LogP contribution is -2.18. The fourth-order valence-electron chi connectivity index (χ4n) is 1.93. The van der Waals surface area contributed by atoms with Crippen LogP contribution >= 0.6 is 11.8 Å². The number of hydrogen-bond donors (Lipinski definition) is 2. The Morgan fingerprint density at radius 2 is 1.47 bits per heavy atom. The first kappa shape index (κ1) is 18.8. The fraction of sp³-hybridized carbons (Fsp3) is 0.933. The lowest BCUT2D eigenvalue weighted by atomic mass is 10.1. The van der Waals surface area contributed by atoms with E-state index in [1.54, 1.807) is 0 Å². The van der Waals surface area contributed by atoms with Gasteiger partial charge in [0.15, 0.2) is 6.10 Å². The van der Waals surface area contributed by atoms with E-state index in [-0.39, 0.29) is 0 Å². The van der Waals surface area contributed by atoms with Crippen molar-refractivity contribution in [3.8, 4) is 0 Å². The van der Waals surface area contributed by atoms with Crippen LogP contribution in [0.25, 0.3) is 0 Å². The standard InChI is InChI=1S/C15H30O3S/c1-2-3-4-6-9-12-19-13-10-7-5-8-11-14(16)15(17)18/h14,16H,2-13H2,1H3,(H,17,18)/t14-/m1/s1. The third-order valence-electron chi connectivity index (χ3n) is 3.19. The van der Waals surface area contributed by atoms with Crippen molar-refractivity contribution in [3.63, 3.8) is 0 Å². The van der Waals surface area contributed by atoms with Gasteiger partial charge in [-0.1, -0.05) is 51.9 Å². The van der Waals surface area contributed by atoms with Crippen LogP contribution in [0.4, 0.5) is 0 Å². The lowest BCUT2D eigenvalue weighted by Gasteiger charge is -2.05. The minimum atomic E-state index is -1.17. The first-order valence-electron chi connectivity index (χ1n) is 7.67. The maximum absolute atomic E-state index is 10.4. The molecule has 114 valence electrons. The molecule has 0 aliphatic carbocycles. The molecule has 0 unspecified atom stereocenters. The van der Waals surface area contributed by atoms with Crippen molar-refractivity contribution in [2.24, 2.45) is 0 Å². The number of carboxylic acid groups (broad SMARTS) is 1. The molecule has 0 bridgehead atoms. The van der Waals surface area contributed by atoms with E-state index in [2.05, 4.69) is 6.92 Å². The van der Waals surface area contributed by atoms with Crippen LogP contribution in [0.15, 0.2) is 0 Å². The van der Waals surface area contributed by atoms with Crippen molar-refractivity contribution in [1.82, 2.24) is 0 Å². The third kappa shape index (κ3) is 14.0. The number of unbranched alkanes of at least 4 members (excludes halogenated alkanes) is 7. The molecule has 4 heteroatoms. The van der Waals surface area contributed by atoms with Gasteiger partial charge in [-0.25, -0.2) is 4.79 Å². The highest BCUT2D eigenvalue weighted by Crippen LogP contribution is 2.12. The van der Waals surface area contributed by atoms with Gasteiger partial charge in [-0.3, -0.25) is 0 Å². The SMILES string of the molecule is CCCCCCCSCCCCCC[C@@H](O)C(=O)O. The van der Waals surface area contributed by atoms with Gasteiger partial charge >= 0.3 is 5.97 Å². The van der Waals surface area contributed by atoms with Crippen molar-refractivity contribution in [2.75, 3.05) is 11.5 Å². The highest BCUT2D eigenvalue weighted by molar-refractivity contribution is 7.99. The van der Waals surface area contributed by atoms with Gasteiger partial charge in [-0.2, -0.15) is 11.8 Å². The Bertz CT molecular complexity index is 210. The van der Waals surface area contributed by atoms with Crippen molar-refractivity contribution < 1.29 is 15.0 Å². The molecule has 0 rings (SSSR count). The number of carboxylic acids is 1. The second kappa shape index (κ2) is 14.2. The topological polar surface area (TPSA) is 57.5 Å². The summed E-state index contributed by atoms with van der Waals surface area (Å²) in [6.07, 6.45) is 10.2. The third-order valence-corrected chi connectivity index (χ3v) is 4.35. The Kier molecular flexibility index (Phi) is 14.0. The molecule has 0 saturated carbocycles. The fourth-order valence-corrected chi connectivity index (χ4v) is 2.95. The molecule has 2 N–H and O–H groups in total. The van der Waals surface area contributed by atoms with Crippen LogP contribution < -0.4 is 0 Å². The predicted molar refractivity (Wildman–Crippen MR) is 82.8 cm³/mol. The van der Waals surface area contributed by atoms with E-state index in [4.69, 9.17) is 10.2 Å². The molecule has 0 saturated heterocycles. The van der Waals surface area contributed by atoms with Crippen LogP contribution in [0.5, 0.6) is 0 Å². The number of carbonyl (C=O) groups is 1. The highest BCUT2D eigenvalue weighted by atomic mass is 32.2. The number of aliphatic hydroxyl groups excluding tert-OH is 1. The van der Waals surface area contributed by atoms with Crippen LogP contribution in [-0.4, -0.2) is 33.8 Å². The van der Waals surface area contributed by atoms with E-state index in [1.807, 2.05) is 11.8 Å². The summed E-state index contributed by atoms with van der Waals surface area (Å²) in [6, 6.07) is 0. The molecule has 1 atom stereocenters. The molecule has 0 aromatic rings.